The summed E-state index contributed by atoms with van der Waals surface area (Å²) in [5.41, 5.74) is 20.4. The van der Waals surface area contributed by atoms with E-state index >= 15 is 0 Å². The van der Waals surface area contributed by atoms with Crippen LogP contribution in [0.1, 0.15) is 7.43 Å². The van der Waals surface area contributed by atoms with Gasteiger partial charge in [-0.25, -0.2) is 0 Å². The zero-order valence-corrected chi connectivity index (χ0v) is 68.3. The molecule has 0 fully saturated rings. The first-order valence-electron chi connectivity index (χ1n) is 26.0. The summed E-state index contributed by atoms with van der Waals surface area (Å²) in [5, 5.41) is 1.76. The summed E-state index contributed by atoms with van der Waals surface area (Å²) in [4.78, 5) is 0. The van der Waals surface area contributed by atoms with Crippen LogP contribution in [0.25, 0.3) is 0 Å². The van der Waals surface area contributed by atoms with Gasteiger partial charge in [0.2, 0.25) is 0 Å². The van der Waals surface area contributed by atoms with Gasteiger partial charge in [0.25, 0.3) is 0 Å². The van der Waals surface area contributed by atoms with Crippen LogP contribution in [0.4, 0.5) is 0 Å². The minimum Gasteiger partial charge on any atom is -0.0776 e. The zero-order valence-electron chi connectivity index (χ0n) is 45.3. The Morgan fingerprint density at radius 1 is 0.390 bits per heavy atom. The molecule has 0 amide bonds. The van der Waals surface area contributed by atoms with Gasteiger partial charge >= 0.3 is 0 Å². The largest absolute Gasteiger partial charge is 0.0776 e. The van der Waals surface area contributed by atoms with Crippen molar-refractivity contribution in [2.45, 2.75) is 219 Å². The summed E-state index contributed by atoms with van der Waals surface area (Å²) in [7, 11) is 0.795. The van der Waals surface area contributed by atoms with E-state index in [4.69, 9.17) is 0 Å². The van der Waals surface area contributed by atoms with Crippen LogP contribution in [0.15, 0.2) is 30.3 Å². The molecule has 0 N–H and O–H groups in total. The van der Waals surface area contributed by atoms with Crippen LogP contribution in [0, 0.1) is 0 Å². The van der Waals surface area contributed by atoms with Crippen molar-refractivity contribution in [1.29, 1.82) is 0 Å². The monoisotopic (exact) mass is 1120 g/mol. The average molecular weight is 1120 g/mol. The van der Waals surface area contributed by atoms with Crippen molar-refractivity contribution in [3.05, 3.63) is 30.3 Å². The average Bonchev–Trinajstić information content (AvgIpc) is 3.08. The maximum Gasteiger partial charge on any atom is 0.0649 e. The van der Waals surface area contributed by atoms with Crippen molar-refractivity contribution in [3.63, 3.8) is 0 Å². The summed E-state index contributed by atoms with van der Waals surface area (Å²) in [6.07, 6.45) is 0. The lowest BCUT2D eigenvalue weighted by Gasteiger charge is -2.17. The van der Waals surface area contributed by atoms with Crippen molar-refractivity contribution in [2.75, 3.05) is 0 Å². The maximum absolute atomic E-state index is 2.62. The minimum absolute atomic E-state index is 0. The topological polar surface area (TPSA) is 0 Å². The Bertz CT molecular complexity index is 856. The van der Waals surface area contributed by atoms with Gasteiger partial charge in [0.15, 0.2) is 0 Å². The van der Waals surface area contributed by atoms with Crippen molar-refractivity contribution < 1.29 is 0 Å². The van der Waals surface area contributed by atoms with Gasteiger partial charge in [-0.2, -0.15) is 0 Å². The Hall–Kier alpha value is 3.12. The molecular weight excluding hydrogens is 998 g/mol. The summed E-state index contributed by atoms with van der Waals surface area (Å²) in [6, 6.07) is 11.5. The summed E-state index contributed by atoms with van der Waals surface area (Å²) < 4.78 is 0. The zero-order chi connectivity index (χ0) is 46.1. The molecule has 18 heteroatoms. The lowest BCUT2D eigenvalue weighted by Crippen LogP contribution is -2.35. The first-order valence-corrected chi connectivity index (χ1v) is 74.2. The second kappa shape index (κ2) is 53.7. The quantitative estimate of drug-likeness (QED) is 0.0841. The number of hydrogen-bond donors (Lipinski definition) is 0. The maximum atomic E-state index is 2.62. The molecule has 1 aromatic rings. The molecule has 1 aromatic carbocycles. The first kappa shape index (κ1) is 73.7. The van der Waals surface area contributed by atoms with E-state index in [0.29, 0.717) is 38.1 Å². The lowest BCUT2D eigenvalue weighted by molar-refractivity contribution is 1.59. The molecule has 3 unspecified atom stereocenters. The molecule has 0 aromatic heterocycles. The molecule has 1 rings (SSSR count). The number of hydrogen-bond acceptors (Lipinski definition) is 0. The highest BCUT2D eigenvalue weighted by Crippen LogP contribution is 2.10. The van der Waals surface area contributed by atoms with E-state index in [1.807, 2.05) is 0 Å². The Balaban J connectivity index is -0.000000151. The fourth-order valence-corrected chi connectivity index (χ4v) is 74.6. The summed E-state index contributed by atoms with van der Waals surface area (Å²) in [6.45, 7) is 54.7. The Labute approximate surface area is 414 Å². The Morgan fingerprint density at radius 2 is 0.712 bits per heavy atom. The van der Waals surface area contributed by atoms with Gasteiger partial charge in [0.1, 0.15) is 0 Å². The minimum atomic E-state index is -0.563. The second-order valence-corrected chi connectivity index (χ2v) is 85.5. The molecule has 0 saturated carbocycles. The molecule has 0 nitrogen and oxygen atoms in total. The van der Waals surface area contributed by atoms with Crippen LogP contribution in [0.3, 0.4) is 0 Å². The van der Waals surface area contributed by atoms with Crippen LogP contribution in [0.5, 0.6) is 0 Å². The fourth-order valence-electron chi connectivity index (χ4n) is 7.41. The third-order valence-corrected chi connectivity index (χ3v) is 85.9. The molecule has 59 heavy (non-hydrogen) atoms. The highest BCUT2D eigenvalue weighted by molar-refractivity contribution is 6.90. The van der Waals surface area contributed by atoms with E-state index in [2.05, 4.69) is 174 Å². The first-order chi connectivity index (χ1) is 26.9. The van der Waals surface area contributed by atoms with E-state index < -0.39 is 8.80 Å². The molecule has 3 atom stereocenters. The van der Waals surface area contributed by atoms with Crippen molar-refractivity contribution in [3.8, 4) is 0 Å². The Kier molecular flexibility index (Phi) is 67.1. The van der Waals surface area contributed by atoms with Gasteiger partial charge in [-0.3, -0.25) is 0 Å². The molecule has 0 spiro atoms. The number of rotatable bonds is 24. The molecule has 0 aliphatic heterocycles. The summed E-state index contributed by atoms with van der Waals surface area (Å²) >= 11 is 0. The fraction of sp³-hybridized carbons (Fsp3) is 0.854. The Morgan fingerprint density at radius 3 is 0.966 bits per heavy atom. The molecule has 0 aliphatic rings. The van der Waals surface area contributed by atoms with Gasteiger partial charge in [-0.1, -0.05) is 255 Å². The van der Waals surface area contributed by atoms with Gasteiger partial charge < -0.3 is 0 Å². The van der Waals surface area contributed by atoms with E-state index in [1.54, 1.807) is 73.2 Å². The van der Waals surface area contributed by atoms with Gasteiger partial charge in [-0.15, -0.1) is 0 Å². The van der Waals surface area contributed by atoms with Crippen LogP contribution in [-0.2, 0) is 0 Å². The van der Waals surface area contributed by atoms with Crippen LogP contribution < -0.4 is 5.19 Å². The van der Waals surface area contributed by atoms with Crippen LogP contribution in [-0.4, -0.2) is 163 Å². The van der Waals surface area contributed by atoms with E-state index in [0.717, 1.165) is 0 Å². The van der Waals surface area contributed by atoms with Crippen molar-refractivity contribution in [2.24, 2.45) is 0 Å². The smallest absolute Gasteiger partial charge is 0.0649 e. The SMILES string of the molecule is C.C[SiH2]C[SiH](C)C.C[SiH2]C[SiH](C)C.C[SiH](C)C[SiH2]C[SiH2]C[SiH](C)C.C[SiH](C)C[SiH2]C[SiH](C[SiH](C)C)c1ccccc1.C[SiH](C)C[SiH3].C[SiH](C)C[SiH](C)C[SiH](C)C[SiH](C)C. The van der Waals surface area contributed by atoms with E-state index in [1.165, 1.54) is 10.2 Å². The highest BCUT2D eigenvalue weighted by atomic mass is 28.4. The van der Waals surface area contributed by atoms with E-state index in [9.17, 15) is 0 Å². The molecule has 0 saturated heterocycles. The molecule has 0 heterocycles. The van der Waals surface area contributed by atoms with Gasteiger partial charge in [0.05, 0.1) is 8.80 Å². The predicted octanol–water partition coefficient (Wildman–Crippen LogP) is 6.32. The standard InChI is InChI=1S/C13H28Si4.C9H28Si4.C7H24Si4.2C4H14Si2.C3H12Si2.CH4/c1-15(2)10-14-11-17(12-16(3)4)13-8-6-5-7-9-13;1-10(2)7-12(5)9-13(6)8-11(3)4;1-10(2)6-8-5-9-7-11(3)4;2*1-5-4-6(2)3;1-5(2)3-4;/h5-9,15-17H,10-12,14H2,1-4H3;10-13H,7-9H2,1-6H3;10-11H,5-9H2,1-4H3;2*6H,4-5H2,1-3H3;5H,3H2,1-2,4H3;1H4. The van der Waals surface area contributed by atoms with E-state index in [-0.39, 0.29) is 114 Å². The van der Waals surface area contributed by atoms with Crippen LogP contribution in [0.2, 0.25) is 212 Å². The molecule has 0 radical (unpaired) electrons. The number of benzene rings is 1. The highest BCUT2D eigenvalue weighted by Gasteiger charge is 2.16. The molecule has 0 aliphatic carbocycles. The third-order valence-electron chi connectivity index (χ3n) is 10.5. The molecule has 0 bridgehead atoms. The van der Waals surface area contributed by atoms with Crippen molar-refractivity contribution >= 4 is 169 Å². The van der Waals surface area contributed by atoms with Crippen LogP contribution >= 0.6 is 0 Å². The summed E-state index contributed by atoms with van der Waals surface area (Å²) in [5.74, 6) is 0. The van der Waals surface area contributed by atoms with Gasteiger partial charge in [0, 0.05) is 144 Å². The second-order valence-electron chi connectivity index (χ2n) is 22.4. The normalized spacial score (nSPS) is 13.5. The van der Waals surface area contributed by atoms with Crippen molar-refractivity contribution in [1.82, 2.24) is 0 Å². The molecule has 360 valence electrons. The lowest BCUT2D eigenvalue weighted by atomic mass is 10.4. The predicted molar refractivity (Wildman–Crippen MR) is 358 cm³/mol. The third kappa shape index (κ3) is 75.7. The van der Waals surface area contributed by atoms with Gasteiger partial charge in [-0.05, 0) is 10.2 Å². The molecular formula is C41H124Si18.